The minimum Gasteiger partial charge on any atom is -0.368 e. The van der Waals surface area contributed by atoms with Crippen LogP contribution in [0, 0.1) is 18.3 Å². The molecule has 2 aliphatic heterocycles. The largest absolute Gasteiger partial charge is 0.368 e. The molecule has 9 heteroatoms. The minimum atomic E-state index is -0.279. The van der Waals surface area contributed by atoms with E-state index in [1.165, 1.54) is 17.4 Å². The Kier molecular flexibility index (Phi) is 7.40. The first-order valence-corrected chi connectivity index (χ1v) is 14.2. The molecule has 3 heterocycles. The smallest absolute Gasteiger partial charge is 0.270 e. The van der Waals surface area contributed by atoms with Crippen molar-refractivity contribution in [2.24, 2.45) is 0 Å². The molecule has 1 amide bonds. The van der Waals surface area contributed by atoms with Crippen LogP contribution in [0.3, 0.4) is 0 Å². The highest BCUT2D eigenvalue weighted by Crippen LogP contribution is 2.39. The first-order chi connectivity index (χ1) is 17.9. The third-order valence-electron chi connectivity index (χ3n) is 7.65. The van der Waals surface area contributed by atoms with Crippen molar-refractivity contribution in [2.75, 3.05) is 36.0 Å². The van der Waals surface area contributed by atoms with Crippen molar-refractivity contribution in [2.45, 2.75) is 52.1 Å². The highest BCUT2D eigenvalue weighted by atomic mass is 32.2. The molecule has 2 saturated heterocycles. The van der Waals surface area contributed by atoms with Crippen LogP contribution in [0.2, 0.25) is 0 Å². The third-order valence-corrected chi connectivity index (χ3v) is 8.98. The number of carbonyl (C=O) groups excluding carboxylic acids is 1. The van der Waals surface area contributed by atoms with Crippen LogP contribution in [0.1, 0.15) is 49.3 Å². The van der Waals surface area contributed by atoms with Gasteiger partial charge in [0, 0.05) is 50.0 Å². The van der Waals surface area contributed by atoms with E-state index in [1.807, 2.05) is 38.1 Å². The van der Waals surface area contributed by atoms with Crippen molar-refractivity contribution < 1.29 is 4.79 Å². The molecule has 0 radical (unpaired) electrons. The number of nitriles is 1. The number of hydrogen-bond acceptors (Lipinski definition) is 7. The number of piperazine rings is 1. The number of hydrogen-bond donors (Lipinski definition) is 0. The molecular formula is C28H31N5O2S2. The Morgan fingerprint density at radius 3 is 2.35 bits per heavy atom. The van der Waals surface area contributed by atoms with Crippen LogP contribution >= 0.6 is 24.0 Å². The van der Waals surface area contributed by atoms with Crippen LogP contribution in [-0.2, 0) is 11.3 Å². The van der Waals surface area contributed by atoms with E-state index in [-0.39, 0.29) is 23.1 Å². The molecule has 1 aliphatic carbocycles. The van der Waals surface area contributed by atoms with Gasteiger partial charge in [0.2, 0.25) is 0 Å². The normalized spacial score (nSPS) is 19.8. The van der Waals surface area contributed by atoms with E-state index in [0.29, 0.717) is 21.3 Å². The zero-order valence-electron chi connectivity index (χ0n) is 21.3. The van der Waals surface area contributed by atoms with Gasteiger partial charge >= 0.3 is 0 Å². The SMILES string of the molecule is CCn1c(N2CCN(c3ccccc3)CC2)c(C=C2SC(=S)N(C3CCCC3)C2=O)c(C)c(C#N)c1=O. The fourth-order valence-corrected chi connectivity index (χ4v) is 7.06. The summed E-state index contributed by atoms with van der Waals surface area (Å²) >= 11 is 6.95. The van der Waals surface area contributed by atoms with Gasteiger partial charge in [-0.25, -0.2) is 0 Å². The van der Waals surface area contributed by atoms with Crippen molar-refractivity contribution in [3.63, 3.8) is 0 Å². The molecule has 37 heavy (non-hydrogen) atoms. The molecular weight excluding hydrogens is 502 g/mol. The monoisotopic (exact) mass is 533 g/mol. The molecule has 7 nitrogen and oxygen atoms in total. The van der Waals surface area contributed by atoms with E-state index >= 15 is 0 Å². The van der Waals surface area contributed by atoms with Crippen LogP contribution in [-0.4, -0.2) is 51.9 Å². The number of nitrogens with zero attached hydrogens (tertiary/aromatic N) is 5. The standard InChI is InChI=1S/C28H31N5O2S2/c1-3-32-25(31-15-13-30(14-16-31)20-9-5-4-6-10-20)22(19(2)23(18-29)26(32)34)17-24-27(35)33(28(36)37-24)21-11-7-8-12-21/h4-6,9-10,17,21H,3,7-8,11-16H2,1-2H3. The van der Waals surface area contributed by atoms with E-state index < -0.39 is 0 Å². The van der Waals surface area contributed by atoms with Gasteiger partial charge in [0.05, 0.1) is 4.91 Å². The average molecular weight is 534 g/mol. The Morgan fingerprint density at radius 1 is 1.08 bits per heavy atom. The minimum absolute atomic E-state index is 0.0612. The highest BCUT2D eigenvalue weighted by Gasteiger charge is 2.38. The van der Waals surface area contributed by atoms with E-state index in [2.05, 4.69) is 28.0 Å². The number of benzene rings is 1. The number of rotatable bonds is 5. The summed E-state index contributed by atoms with van der Waals surface area (Å²) in [6.45, 7) is 7.24. The average Bonchev–Trinajstić information content (AvgIpc) is 3.53. The number of para-hydroxylation sites is 1. The Hall–Kier alpha value is -3.09. The number of aromatic nitrogens is 1. The van der Waals surface area contributed by atoms with E-state index in [9.17, 15) is 14.9 Å². The zero-order valence-corrected chi connectivity index (χ0v) is 22.9. The van der Waals surface area contributed by atoms with Crippen LogP contribution in [0.15, 0.2) is 40.0 Å². The van der Waals surface area contributed by atoms with Gasteiger partial charge in [0.1, 0.15) is 21.8 Å². The molecule has 2 aromatic rings. The van der Waals surface area contributed by atoms with E-state index in [1.54, 1.807) is 9.47 Å². The Labute approximate surface area is 227 Å². The second-order valence-electron chi connectivity index (χ2n) is 9.70. The lowest BCUT2D eigenvalue weighted by Crippen LogP contribution is -2.48. The second-order valence-corrected chi connectivity index (χ2v) is 11.4. The van der Waals surface area contributed by atoms with Gasteiger partial charge < -0.3 is 9.80 Å². The molecule has 0 unspecified atom stereocenters. The summed E-state index contributed by atoms with van der Waals surface area (Å²) in [5.74, 6) is 0.719. The van der Waals surface area contributed by atoms with E-state index in [0.717, 1.165) is 63.2 Å². The van der Waals surface area contributed by atoms with Gasteiger partial charge in [-0.1, -0.05) is 55.0 Å². The number of thiocarbonyl (C=S) groups is 1. The van der Waals surface area contributed by atoms with Crippen LogP contribution in [0.25, 0.3) is 6.08 Å². The maximum atomic E-state index is 13.5. The maximum Gasteiger partial charge on any atom is 0.270 e. The number of anilines is 2. The first-order valence-electron chi connectivity index (χ1n) is 12.9. The predicted molar refractivity (Wildman–Crippen MR) is 154 cm³/mol. The zero-order chi connectivity index (χ0) is 26.1. The van der Waals surface area contributed by atoms with E-state index in [4.69, 9.17) is 12.2 Å². The van der Waals surface area contributed by atoms with Gasteiger partial charge in [-0.05, 0) is 50.5 Å². The van der Waals surface area contributed by atoms with Crippen molar-refractivity contribution in [1.82, 2.24) is 9.47 Å². The van der Waals surface area contributed by atoms with Gasteiger partial charge in [-0.3, -0.25) is 19.1 Å². The van der Waals surface area contributed by atoms with Gasteiger partial charge in [-0.15, -0.1) is 0 Å². The maximum absolute atomic E-state index is 13.5. The van der Waals surface area contributed by atoms with Crippen molar-refractivity contribution >= 4 is 51.8 Å². The molecule has 1 aromatic heterocycles. The fourth-order valence-electron chi connectivity index (χ4n) is 5.68. The Bertz CT molecular complexity index is 1350. The Balaban J connectivity index is 1.54. The summed E-state index contributed by atoms with van der Waals surface area (Å²) in [7, 11) is 0. The number of thioether (sulfide) groups is 1. The van der Waals surface area contributed by atoms with Gasteiger partial charge in [0.15, 0.2) is 0 Å². The molecule has 3 fully saturated rings. The summed E-state index contributed by atoms with van der Waals surface area (Å²) in [5.41, 5.74) is 2.41. The molecule has 1 aromatic carbocycles. The van der Waals surface area contributed by atoms with Gasteiger partial charge in [0.25, 0.3) is 11.5 Å². The molecule has 192 valence electrons. The summed E-state index contributed by atoms with van der Waals surface area (Å²) in [6.07, 6.45) is 6.07. The van der Waals surface area contributed by atoms with Crippen LogP contribution < -0.4 is 15.4 Å². The quantitative estimate of drug-likeness (QED) is 0.413. The lowest BCUT2D eigenvalue weighted by molar-refractivity contribution is -0.123. The summed E-state index contributed by atoms with van der Waals surface area (Å²) < 4.78 is 2.29. The highest BCUT2D eigenvalue weighted by molar-refractivity contribution is 8.26. The lowest BCUT2D eigenvalue weighted by Gasteiger charge is -2.39. The number of amides is 1. The predicted octanol–water partition coefficient (Wildman–Crippen LogP) is 4.52. The topological polar surface area (TPSA) is 72.6 Å². The molecule has 0 atom stereocenters. The van der Waals surface area contributed by atoms with Gasteiger partial charge in [-0.2, -0.15) is 5.26 Å². The summed E-state index contributed by atoms with van der Waals surface area (Å²) in [6, 6.07) is 12.6. The van der Waals surface area contributed by atoms with Crippen LogP contribution in [0.4, 0.5) is 11.5 Å². The summed E-state index contributed by atoms with van der Waals surface area (Å²) in [4.78, 5) is 33.7. The molecule has 0 bridgehead atoms. The van der Waals surface area contributed by atoms with Crippen molar-refractivity contribution in [1.29, 1.82) is 5.26 Å². The molecule has 3 aliphatic rings. The fraction of sp³-hybridized carbons (Fsp3) is 0.429. The molecule has 1 saturated carbocycles. The second kappa shape index (κ2) is 10.7. The van der Waals surface area contributed by atoms with Crippen molar-refractivity contribution in [3.05, 3.63) is 62.3 Å². The molecule has 5 rings (SSSR count). The number of pyridine rings is 1. The van der Waals surface area contributed by atoms with Crippen molar-refractivity contribution in [3.8, 4) is 6.07 Å². The van der Waals surface area contributed by atoms with Crippen LogP contribution in [0.5, 0.6) is 0 Å². The summed E-state index contributed by atoms with van der Waals surface area (Å²) in [5, 5.41) is 9.84. The molecule has 0 spiro atoms. The number of carbonyl (C=O) groups is 1. The molecule has 0 N–H and O–H groups in total. The lowest BCUT2D eigenvalue weighted by atomic mass is 10.0. The Morgan fingerprint density at radius 2 is 1.73 bits per heavy atom. The first kappa shape index (κ1) is 25.6. The third kappa shape index (κ3) is 4.69.